The number of amides is 2. The van der Waals surface area contributed by atoms with Gasteiger partial charge in [-0.05, 0) is 19.1 Å². The number of aromatic nitrogens is 1. The lowest BCUT2D eigenvalue weighted by atomic mass is 10.2. The third kappa shape index (κ3) is 4.68. The number of pyridine rings is 1. The smallest absolute Gasteiger partial charge is 0.325 e. The van der Waals surface area contributed by atoms with Gasteiger partial charge < -0.3 is 15.0 Å². The average molecular weight is 279 g/mol. The van der Waals surface area contributed by atoms with Gasteiger partial charge in [-0.1, -0.05) is 0 Å². The second kappa shape index (κ2) is 7.22. The van der Waals surface area contributed by atoms with Crippen LogP contribution in [-0.4, -0.2) is 47.9 Å². The summed E-state index contributed by atoms with van der Waals surface area (Å²) in [5.74, 6) is -0.818. The molecule has 1 N–H and O–H groups in total. The van der Waals surface area contributed by atoms with Crippen LogP contribution in [0, 0.1) is 0 Å². The molecule has 0 fully saturated rings. The van der Waals surface area contributed by atoms with Crippen molar-refractivity contribution in [1.29, 1.82) is 0 Å². The summed E-state index contributed by atoms with van der Waals surface area (Å²) >= 11 is 0. The molecule has 1 rings (SSSR count). The number of nitrogens with one attached hydrogen (secondary N) is 1. The molecule has 0 aliphatic heterocycles. The van der Waals surface area contributed by atoms with Crippen LogP contribution in [0.15, 0.2) is 18.3 Å². The quantitative estimate of drug-likeness (QED) is 0.800. The molecule has 0 aliphatic rings. The van der Waals surface area contributed by atoms with Crippen LogP contribution in [0.5, 0.6) is 0 Å². The zero-order valence-electron chi connectivity index (χ0n) is 11.7. The van der Waals surface area contributed by atoms with E-state index in [-0.39, 0.29) is 30.8 Å². The Balaban J connectivity index is 2.75. The van der Waals surface area contributed by atoms with Crippen LogP contribution in [-0.2, 0) is 14.3 Å². The molecule has 0 saturated heterocycles. The lowest BCUT2D eigenvalue weighted by Gasteiger charge is -2.16. The van der Waals surface area contributed by atoms with Gasteiger partial charge in [0.05, 0.1) is 6.61 Å². The zero-order chi connectivity index (χ0) is 15.1. The van der Waals surface area contributed by atoms with Crippen molar-refractivity contribution < 1.29 is 19.1 Å². The highest BCUT2D eigenvalue weighted by atomic mass is 16.5. The minimum absolute atomic E-state index is 0.134. The molecule has 1 heterocycles. The van der Waals surface area contributed by atoms with Gasteiger partial charge in [-0.25, -0.2) is 4.98 Å². The fraction of sp³-hybridized carbons (Fsp3) is 0.385. The van der Waals surface area contributed by atoms with Gasteiger partial charge in [0, 0.05) is 25.7 Å². The van der Waals surface area contributed by atoms with Crippen LogP contribution < -0.4 is 5.32 Å². The predicted molar refractivity (Wildman–Crippen MR) is 72.1 cm³/mol. The molecule has 0 radical (unpaired) electrons. The first-order valence-corrected chi connectivity index (χ1v) is 6.08. The van der Waals surface area contributed by atoms with Gasteiger partial charge in [-0.15, -0.1) is 0 Å². The molecule has 7 heteroatoms. The Morgan fingerprint density at radius 1 is 1.40 bits per heavy atom. The fourth-order valence-electron chi connectivity index (χ4n) is 1.50. The molecule has 0 aromatic carbocycles. The van der Waals surface area contributed by atoms with E-state index in [1.165, 1.54) is 37.2 Å². The van der Waals surface area contributed by atoms with Crippen molar-refractivity contribution in [1.82, 2.24) is 9.88 Å². The van der Waals surface area contributed by atoms with Gasteiger partial charge >= 0.3 is 5.97 Å². The van der Waals surface area contributed by atoms with E-state index in [2.05, 4.69) is 10.3 Å². The summed E-state index contributed by atoms with van der Waals surface area (Å²) in [5, 5.41) is 2.49. The molecule has 2 amide bonds. The average Bonchev–Trinajstić information content (AvgIpc) is 2.37. The van der Waals surface area contributed by atoms with Crippen molar-refractivity contribution in [3.63, 3.8) is 0 Å². The van der Waals surface area contributed by atoms with E-state index in [1.54, 1.807) is 6.92 Å². The topological polar surface area (TPSA) is 88.6 Å². The summed E-state index contributed by atoms with van der Waals surface area (Å²) in [7, 11) is 1.50. The maximum atomic E-state index is 12.1. The standard InChI is InChI=1S/C13H17N3O4/c1-4-20-12(18)8-16(3)13(19)10-5-6-14-11(7-10)15-9(2)17/h5-7H,4,8H2,1-3H3,(H,14,15,17). The maximum Gasteiger partial charge on any atom is 0.325 e. The SMILES string of the molecule is CCOC(=O)CN(C)C(=O)c1ccnc(NC(C)=O)c1. The Morgan fingerprint density at radius 2 is 2.10 bits per heavy atom. The number of hydrogen-bond donors (Lipinski definition) is 1. The molecule has 1 aromatic heterocycles. The molecule has 20 heavy (non-hydrogen) atoms. The van der Waals surface area contributed by atoms with Crippen molar-refractivity contribution in [2.45, 2.75) is 13.8 Å². The number of esters is 1. The van der Waals surface area contributed by atoms with Crippen molar-refractivity contribution in [3.05, 3.63) is 23.9 Å². The number of nitrogens with zero attached hydrogens (tertiary/aromatic N) is 2. The normalized spacial score (nSPS) is 9.75. The lowest BCUT2D eigenvalue weighted by molar-refractivity contribution is -0.143. The van der Waals surface area contributed by atoms with E-state index in [0.29, 0.717) is 5.56 Å². The maximum absolute atomic E-state index is 12.1. The lowest BCUT2D eigenvalue weighted by Crippen LogP contribution is -2.33. The summed E-state index contributed by atoms with van der Waals surface area (Å²) in [4.78, 5) is 39.5. The number of carbonyl (C=O) groups excluding carboxylic acids is 3. The Morgan fingerprint density at radius 3 is 2.70 bits per heavy atom. The van der Waals surface area contributed by atoms with Crippen LogP contribution in [0.1, 0.15) is 24.2 Å². The zero-order valence-corrected chi connectivity index (χ0v) is 11.7. The van der Waals surface area contributed by atoms with Crippen LogP contribution in [0.3, 0.4) is 0 Å². The molecular formula is C13H17N3O4. The predicted octanol–water partition coefficient (Wildman–Crippen LogP) is 0.675. The number of carbonyl (C=O) groups is 3. The van der Waals surface area contributed by atoms with Gasteiger partial charge in [0.2, 0.25) is 5.91 Å². The minimum atomic E-state index is -0.473. The summed E-state index contributed by atoms with van der Waals surface area (Å²) in [6.07, 6.45) is 1.41. The summed E-state index contributed by atoms with van der Waals surface area (Å²) < 4.78 is 4.77. The highest BCUT2D eigenvalue weighted by Crippen LogP contribution is 2.09. The van der Waals surface area contributed by atoms with Crippen molar-refractivity contribution in [2.75, 3.05) is 25.5 Å². The highest BCUT2D eigenvalue weighted by Gasteiger charge is 2.16. The minimum Gasteiger partial charge on any atom is -0.465 e. The molecule has 0 unspecified atom stereocenters. The van der Waals surface area contributed by atoms with Gasteiger partial charge in [0.1, 0.15) is 12.4 Å². The van der Waals surface area contributed by atoms with E-state index in [4.69, 9.17) is 4.74 Å². The van der Waals surface area contributed by atoms with Gasteiger partial charge in [-0.3, -0.25) is 14.4 Å². The molecule has 7 nitrogen and oxygen atoms in total. The van der Waals surface area contributed by atoms with E-state index < -0.39 is 5.97 Å². The molecule has 0 aliphatic carbocycles. The first-order chi connectivity index (χ1) is 9.43. The molecule has 0 saturated carbocycles. The van der Waals surface area contributed by atoms with Crippen LogP contribution in [0.2, 0.25) is 0 Å². The van der Waals surface area contributed by atoms with Crippen molar-refractivity contribution in [2.24, 2.45) is 0 Å². The van der Waals surface area contributed by atoms with Crippen LogP contribution >= 0.6 is 0 Å². The molecule has 0 bridgehead atoms. The van der Waals surface area contributed by atoms with E-state index >= 15 is 0 Å². The number of hydrogen-bond acceptors (Lipinski definition) is 5. The highest BCUT2D eigenvalue weighted by molar-refractivity contribution is 5.97. The number of rotatable bonds is 5. The van der Waals surface area contributed by atoms with Crippen molar-refractivity contribution in [3.8, 4) is 0 Å². The van der Waals surface area contributed by atoms with Crippen LogP contribution in [0.4, 0.5) is 5.82 Å². The van der Waals surface area contributed by atoms with Crippen LogP contribution in [0.25, 0.3) is 0 Å². The third-order valence-corrected chi connectivity index (χ3v) is 2.33. The third-order valence-electron chi connectivity index (χ3n) is 2.33. The first-order valence-electron chi connectivity index (χ1n) is 6.08. The Hall–Kier alpha value is -2.44. The summed E-state index contributed by atoms with van der Waals surface area (Å²) in [5.41, 5.74) is 0.329. The molecule has 108 valence electrons. The van der Waals surface area contributed by atoms with E-state index in [0.717, 1.165) is 0 Å². The Kier molecular flexibility index (Phi) is 5.64. The fourth-order valence-corrected chi connectivity index (χ4v) is 1.50. The Labute approximate surface area is 116 Å². The van der Waals surface area contributed by atoms with Gasteiger partial charge in [-0.2, -0.15) is 0 Å². The molecular weight excluding hydrogens is 262 g/mol. The monoisotopic (exact) mass is 279 g/mol. The van der Waals surface area contributed by atoms with E-state index in [9.17, 15) is 14.4 Å². The van der Waals surface area contributed by atoms with Gasteiger partial charge in [0.15, 0.2) is 0 Å². The molecule has 0 spiro atoms. The summed E-state index contributed by atoms with van der Waals surface area (Å²) in [6.45, 7) is 3.18. The van der Waals surface area contributed by atoms with Crippen molar-refractivity contribution >= 4 is 23.6 Å². The van der Waals surface area contributed by atoms with E-state index in [1.807, 2.05) is 0 Å². The number of ether oxygens (including phenoxy) is 1. The summed E-state index contributed by atoms with van der Waals surface area (Å²) in [6, 6.07) is 2.96. The first kappa shape index (κ1) is 15.6. The number of anilines is 1. The Bertz CT molecular complexity index is 516. The largest absolute Gasteiger partial charge is 0.465 e. The molecule has 0 atom stereocenters. The van der Waals surface area contributed by atoms with Gasteiger partial charge in [0.25, 0.3) is 5.91 Å². The second-order valence-electron chi connectivity index (χ2n) is 4.08. The second-order valence-corrected chi connectivity index (χ2v) is 4.08. The molecule has 1 aromatic rings. The number of likely N-dealkylation sites (N-methyl/N-ethyl adjacent to an activating group) is 1.